The minimum absolute atomic E-state index is 0. The van der Waals surface area contributed by atoms with Crippen LogP contribution in [0.2, 0.25) is 0 Å². The predicted octanol–water partition coefficient (Wildman–Crippen LogP) is 0.533. The van der Waals surface area contributed by atoms with E-state index in [1.165, 1.54) is 33.3 Å². The van der Waals surface area contributed by atoms with E-state index in [-0.39, 0.29) is 42.4 Å². The Morgan fingerprint density at radius 2 is 1.48 bits per heavy atom. The Kier molecular flexibility index (Phi) is 21.6. The van der Waals surface area contributed by atoms with Gasteiger partial charge in [0.1, 0.15) is 35.1 Å². The molecule has 18 heteroatoms. The summed E-state index contributed by atoms with van der Waals surface area (Å²) in [6.45, 7) is 16.3. The molecule has 56 heavy (non-hydrogen) atoms. The van der Waals surface area contributed by atoms with Crippen molar-refractivity contribution in [1.82, 2.24) is 4.90 Å². The van der Waals surface area contributed by atoms with Crippen LogP contribution in [0.4, 0.5) is 0 Å². The van der Waals surface area contributed by atoms with E-state index in [4.69, 9.17) is 33.7 Å². The van der Waals surface area contributed by atoms with Gasteiger partial charge < -0.3 is 69.8 Å². The van der Waals surface area contributed by atoms with Crippen LogP contribution in [0.3, 0.4) is 0 Å². The standard InChI is InChI=1S/C37H67NO13.CHNS.2H2O/c1-14-25-37(10,45)30(41)20(4)27(39)18(2)16-35(8,44)32(51-34-28(40)24(38(11)12)15-19(3)47-34)21(5)29(22(6)33(43)49-25)50-26-17-36(9,46-13)31(42)23(7)48-26;2-1-3;;/h18-26,28-32,34,40-42,44-45H,14-17H2,1-13H3;3H;2*1H2/t18-,19-,20+,21+,22-,23+,24+,25-,26+,28-,29+,30-,31+,32-,34+,35-,36-,37-;;;/m1.../s1. The minimum Gasteiger partial charge on any atom is -0.459 e. The van der Waals surface area contributed by atoms with Gasteiger partial charge in [0.25, 0.3) is 0 Å². The van der Waals surface area contributed by atoms with E-state index in [2.05, 4.69) is 12.6 Å². The molecule has 0 spiro atoms. The fourth-order valence-electron chi connectivity index (χ4n) is 8.41. The highest BCUT2D eigenvalue weighted by atomic mass is 32.1. The summed E-state index contributed by atoms with van der Waals surface area (Å²) < 4.78 is 37.1. The Bertz CT molecular complexity index is 1270. The molecule has 0 aromatic carbocycles. The first kappa shape index (κ1) is 54.5. The zero-order valence-corrected chi connectivity index (χ0v) is 36.2. The van der Waals surface area contributed by atoms with Crippen molar-refractivity contribution in [2.45, 2.75) is 179 Å². The summed E-state index contributed by atoms with van der Waals surface area (Å²) in [4.78, 5) is 29.8. The largest absolute Gasteiger partial charge is 0.459 e. The average Bonchev–Trinajstić information content (AvgIpc) is 3.09. The summed E-state index contributed by atoms with van der Waals surface area (Å²) >= 11 is 3.09. The van der Waals surface area contributed by atoms with E-state index in [0.29, 0.717) is 6.42 Å². The van der Waals surface area contributed by atoms with Gasteiger partial charge >= 0.3 is 5.97 Å². The normalized spacial score (nSPS) is 45.4. The number of carbonyl (C=O) groups excluding carboxylic acids is 2. The lowest BCUT2D eigenvalue weighted by Crippen LogP contribution is -2.61. The van der Waals surface area contributed by atoms with Crippen LogP contribution in [0.25, 0.3) is 0 Å². The Hall–Kier alpha value is -1.54. The topological polar surface area (TPSA) is 281 Å². The van der Waals surface area contributed by atoms with Crippen LogP contribution in [0.1, 0.15) is 94.9 Å². The van der Waals surface area contributed by atoms with E-state index in [0.717, 1.165) is 0 Å². The molecule has 18 atom stereocenters. The first-order chi connectivity index (χ1) is 24.8. The van der Waals surface area contributed by atoms with Gasteiger partial charge in [-0.2, -0.15) is 5.26 Å². The number of aliphatic hydroxyl groups is 5. The smallest absolute Gasteiger partial charge is 0.311 e. The molecule has 3 fully saturated rings. The van der Waals surface area contributed by atoms with Gasteiger partial charge in [-0.25, -0.2) is 0 Å². The number of methoxy groups -OCH3 is 1. The minimum atomic E-state index is -1.99. The fourth-order valence-corrected chi connectivity index (χ4v) is 8.41. The lowest BCUT2D eigenvalue weighted by molar-refractivity contribution is -0.318. The number of thiocyanates is 1. The Balaban J connectivity index is 0.00000585. The maximum absolute atomic E-state index is 14.1. The van der Waals surface area contributed by atoms with Gasteiger partial charge in [-0.05, 0) is 74.9 Å². The first-order valence-corrected chi connectivity index (χ1v) is 19.4. The van der Waals surface area contributed by atoms with E-state index in [1.54, 1.807) is 41.5 Å². The summed E-state index contributed by atoms with van der Waals surface area (Å²) in [7, 11) is 5.18. The molecule has 0 radical (unpaired) electrons. The highest BCUT2D eigenvalue weighted by Crippen LogP contribution is 2.40. The molecule has 3 saturated heterocycles. The number of thiol groups is 1. The molecule has 3 heterocycles. The molecule has 0 aromatic rings. The number of ether oxygens (including phenoxy) is 6. The van der Waals surface area contributed by atoms with Gasteiger partial charge in [0.15, 0.2) is 12.6 Å². The summed E-state index contributed by atoms with van der Waals surface area (Å²) in [5.74, 6) is -4.98. The Labute approximate surface area is 337 Å². The number of hydrogen-bond donors (Lipinski definition) is 6. The number of likely N-dealkylation sites (N-methyl/N-ethyl adjacent to an activating group) is 1. The van der Waals surface area contributed by atoms with E-state index in [9.17, 15) is 35.1 Å². The van der Waals surface area contributed by atoms with Crippen LogP contribution in [-0.4, -0.2) is 159 Å². The zero-order valence-electron chi connectivity index (χ0n) is 35.3. The quantitative estimate of drug-likeness (QED) is 0.116. The SMILES string of the molecule is CC[C@H]1OC(=O)[C@H](C)[C@@H](O[C@H]2C[C@@](C)(OC)[C@@H](O)[C@H](C)O2)[C@H](C)[C@@H](O[C@@H]2O[C@H](C)C[C@H](N(C)C)[C@H]2O)[C@](C)(O)C[C@@H](C)C(=O)[C@H](C)[C@@H](O)[C@]1(C)O.N#CS.O.O. The van der Waals surface area contributed by atoms with Crippen molar-refractivity contribution in [1.29, 1.82) is 5.26 Å². The molecule has 9 N–H and O–H groups in total. The molecule has 3 aliphatic heterocycles. The first-order valence-electron chi connectivity index (χ1n) is 18.9. The Morgan fingerprint density at radius 1 is 0.929 bits per heavy atom. The maximum Gasteiger partial charge on any atom is 0.311 e. The lowest BCUT2D eigenvalue weighted by Gasteiger charge is -2.49. The monoisotopic (exact) mass is 828 g/mol. The molecule has 0 bridgehead atoms. The number of nitrogens with zero attached hydrogens (tertiary/aromatic N) is 2. The van der Waals surface area contributed by atoms with Crippen molar-refractivity contribution in [3.63, 3.8) is 0 Å². The third kappa shape index (κ3) is 12.5. The molecular formula is C38H72N2O15S. The molecular weight excluding hydrogens is 756 g/mol. The van der Waals surface area contributed by atoms with Crippen LogP contribution in [0.15, 0.2) is 0 Å². The molecule has 0 aliphatic carbocycles. The molecule has 17 nitrogen and oxygen atoms in total. The van der Waals surface area contributed by atoms with Gasteiger partial charge in [0.05, 0.1) is 47.6 Å². The number of esters is 1. The fraction of sp³-hybridized carbons (Fsp3) is 0.921. The Morgan fingerprint density at radius 3 is 1.98 bits per heavy atom. The number of Topliss-reactive ketones (excluding diaryl/α,β-unsaturated/α-hetero) is 1. The number of nitriles is 1. The number of aliphatic hydroxyl groups excluding tert-OH is 3. The van der Waals surface area contributed by atoms with Crippen LogP contribution in [-0.2, 0) is 38.0 Å². The molecule has 3 aliphatic rings. The maximum atomic E-state index is 14.1. The van der Waals surface area contributed by atoms with E-state index >= 15 is 0 Å². The van der Waals surface area contributed by atoms with Crippen LogP contribution in [0, 0.1) is 34.3 Å². The zero-order chi connectivity index (χ0) is 41.7. The third-order valence-electron chi connectivity index (χ3n) is 11.8. The number of hydrogen-bond acceptors (Lipinski definition) is 16. The molecule has 0 unspecified atom stereocenters. The van der Waals surface area contributed by atoms with Gasteiger partial charge in [0, 0.05) is 37.3 Å². The third-order valence-corrected chi connectivity index (χ3v) is 11.8. The van der Waals surface area contributed by atoms with Gasteiger partial charge in [-0.15, -0.1) is 0 Å². The van der Waals surface area contributed by atoms with Crippen molar-refractivity contribution in [2.75, 3.05) is 21.2 Å². The van der Waals surface area contributed by atoms with Crippen LogP contribution >= 0.6 is 12.6 Å². The molecule has 0 saturated carbocycles. The second-order valence-corrected chi connectivity index (χ2v) is 16.8. The lowest BCUT2D eigenvalue weighted by atomic mass is 9.74. The number of cyclic esters (lactones) is 1. The van der Waals surface area contributed by atoms with Crippen molar-refractivity contribution in [3.8, 4) is 5.40 Å². The molecule has 330 valence electrons. The van der Waals surface area contributed by atoms with Crippen molar-refractivity contribution < 1.29 is 74.5 Å². The predicted molar refractivity (Wildman–Crippen MR) is 208 cm³/mol. The van der Waals surface area contributed by atoms with Gasteiger partial charge in [-0.3, -0.25) is 9.59 Å². The average molecular weight is 829 g/mol. The molecule has 3 rings (SSSR count). The van der Waals surface area contributed by atoms with Crippen molar-refractivity contribution in [2.24, 2.45) is 23.7 Å². The van der Waals surface area contributed by atoms with Crippen molar-refractivity contribution in [3.05, 3.63) is 0 Å². The van der Waals surface area contributed by atoms with Crippen LogP contribution < -0.4 is 0 Å². The van der Waals surface area contributed by atoms with E-state index in [1.807, 2.05) is 25.9 Å². The van der Waals surface area contributed by atoms with Gasteiger partial charge in [-0.1, -0.05) is 40.3 Å². The summed E-state index contributed by atoms with van der Waals surface area (Å²) in [5.41, 5.74) is -4.84. The summed E-state index contributed by atoms with van der Waals surface area (Å²) in [6.07, 6.45) is -9.71. The highest BCUT2D eigenvalue weighted by Gasteiger charge is 2.53. The summed E-state index contributed by atoms with van der Waals surface area (Å²) in [5, 5.41) is 66.2. The van der Waals surface area contributed by atoms with Gasteiger partial charge in [0.2, 0.25) is 0 Å². The highest BCUT2D eigenvalue weighted by molar-refractivity contribution is 7.85. The second kappa shape index (κ2) is 22.2. The van der Waals surface area contributed by atoms with Crippen molar-refractivity contribution >= 4 is 24.4 Å². The number of ketones is 1. The second-order valence-electron chi connectivity index (χ2n) is 16.6. The van der Waals surface area contributed by atoms with E-state index < -0.39 is 108 Å². The number of rotatable bonds is 7. The molecule has 0 amide bonds. The van der Waals surface area contributed by atoms with Crippen LogP contribution in [0.5, 0.6) is 0 Å². The summed E-state index contributed by atoms with van der Waals surface area (Å²) in [6, 6.07) is -0.324. The molecule has 0 aromatic heterocycles. The number of carbonyl (C=O) groups is 2.